The van der Waals surface area contributed by atoms with Crippen LogP contribution in [0.3, 0.4) is 0 Å². The zero-order valence-corrected chi connectivity index (χ0v) is 17.4. The first-order valence-corrected chi connectivity index (χ1v) is 9.55. The van der Waals surface area contributed by atoms with Crippen LogP contribution in [-0.2, 0) is 9.47 Å². The second-order valence-corrected chi connectivity index (χ2v) is 6.40. The van der Waals surface area contributed by atoms with Crippen LogP contribution in [-0.4, -0.2) is 26.6 Å². The summed E-state index contributed by atoms with van der Waals surface area (Å²) in [5, 5.41) is 0. The van der Waals surface area contributed by atoms with Crippen molar-refractivity contribution in [2.45, 2.75) is 26.2 Å². The number of para-hydroxylation sites is 1. The van der Waals surface area contributed by atoms with Gasteiger partial charge in [-0.2, -0.15) is 0 Å². The molecule has 0 aliphatic heterocycles. The Bertz CT molecular complexity index is 745. The highest BCUT2D eigenvalue weighted by molar-refractivity contribution is 14.1. The van der Waals surface area contributed by atoms with Crippen LogP contribution in [0.25, 0.3) is 0 Å². The molecule has 4 nitrogen and oxygen atoms in total. The first-order valence-electron chi connectivity index (χ1n) is 8.47. The molecule has 26 heavy (non-hydrogen) atoms. The summed E-state index contributed by atoms with van der Waals surface area (Å²) in [7, 11) is 1.64. The maximum Gasteiger partial charge on any atom is 0.222 e. The number of ether oxygens (including phenoxy) is 4. The number of methoxy groups -OCH3 is 1. The van der Waals surface area contributed by atoms with Crippen molar-refractivity contribution in [2.24, 2.45) is 0 Å². The predicted octanol–water partition coefficient (Wildman–Crippen LogP) is 4.82. The number of benzene rings is 2. The average molecular weight is 466 g/mol. The van der Waals surface area contributed by atoms with E-state index in [0.29, 0.717) is 13.2 Å². The molecule has 0 bridgehead atoms. The smallest absolute Gasteiger partial charge is 0.222 e. The zero-order chi connectivity index (χ0) is 18.8. The van der Waals surface area contributed by atoms with Gasteiger partial charge in [0.1, 0.15) is 11.5 Å². The lowest BCUT2D eigenvalue weighted by Gasteiger charge is -2.17. The zero-order valence-electron chi connectivity index (χ0n) is 15.2. The molecule has 0 aliphatic carbocycles. The highest BCUT2D eigenvalue weighted by Crippen LogP contribution is 2.28. The van der Waals surface area contributed by atoms with E-state index in [1.165, 1.54) is 0 Å². The monoisotopic (exact) mass is 466 g/mol. The van der Waals surface area contributed by atoms with Crippen LogP contribution in [0.1, 0.15) is 25.5 Å². The van der Waals surface area contributed by atoms with Gasteiger partial charge in [0.25, 0.3) is 0 Å². The van der Waals surface area contributed by atoms with E-state index in [2.05, 4.69) is 34.4 Å². The van der Waals surface area contributed by atoms with Gasteiger partial charge in [0.05, 0.1) is 10.7 Å². The van der Waals surface area contributed by atoms with E-state index in [4.69, 9.17) is 18.9 Å². The molecule has 0 saturated carbocycles. The van der Waals surface area contributed by atoms with Crippen molar-refractivity contribution in [3.8, 4) is 23.3 Å². The van der Waals surface area contributed by atoms with E-state index in [9.17, 15) is 0 Å². The fourth-order valence-electron chi connectivity index (χ4n) is 2.23. The van der Waals surface area contributed by atoms with Gasteiger partial charge in [-0.3, -0.25) is 0 Å². The van der Waals surface area contributed by atoms with E-state index in [0.717, 1.165) is 20.6 Å². The maximum atomic E-state index is 6.19. The third-order valence-electron chi connectivity index (χ3n) is 3.45. The molecule has 138 valence electrons. The Morgan fingerprint density at radius 2 is 1.69 bits per heavy atom. The molecule has 2 aromatic carbocycles. The standard InChI is InChI=1S/C21H23IO4/c1-4-24-21(25-5-2)14-13-19(16-9-8-10-17(15-16)23-3)26-20-12-7-6-11-18(20)22/h6-12,15,19,21H,4-5H2,1-3H3. The Kier molecular flexibility index (Phi) is 8.75. The molecule has 0 saturated heterocycles. The summed E-state index contributed by atoms with van der Waals surface area (Å²) in [6.45, 7) is 4.88. The van der Waals surface area contributed by atoms with Crippen molar-refractivity contribution < 1.29 is 18.9 Å². The second kappa shape index (κ2) is 11.1. The van der Waals surface area contributed by atoms with Gasteiger partial charge in [-0.25, -0.2) is 0 Å². The molecular formula is C21H23IO4. The summed E-state index contributed by atoms with van der Waals surface area (Å²) in [5.41, 5.74) is 0.906. The van der Waals surface area contributed by atoms with Crippen LogP contribution in [0.2, 0.25) is 0 Å². The second-order valence-electron chi connectivity index (χ2n) is 5.24. The van der Waals surface area contributed by atoms with Crippen molar-refractivity contribution in [1.82, 2.24) is 0 Å². The SMILES string of the molecule is CCOC(C#CC(Oc1ccccc1I)c1cccc(OC)c1)OCC. The third-order valence-corrected chi connectivity index (χ3v) is 4.34. The lowest BCUT2D eigenvalue weighted by atomic mass is 10.1. The van der Waals surface area contributed by atoms with Gasteiger partial charge in [0.15, 0.2) is 6.10 Å². The van der Waals surface area contributed by atoms with Gasteiger partial charge in [-0.15, -0.1) is 0 Å². The van der Waals surface area contributed by atoms with Gasteiger partial charge in [-0.1, -0.05) is 24.3 Å². The van der Waals surface area contributed by atoms with Gasteiger partial charge in [0, 0.05) is 18.8 Å². The van der Waals surface area contributed by atoms with Gasteiger partial charge in [-0.05, 0) is 72.5 Å². The number of hydrogen-bond acceptors (Lipinski definition) is 4. The summed E-state index contributed by atoms with van der Waals surface area (Å²) in [6.07, 6.45) is -1.04. The quantitative estimate of drug-likeness (QED) is 0.318. The first-order chi connectivity index (χ1) is 12.7. The minimum Gasteiger partial charge on any atom is -0.497 e. The summed E-state index contributed by atoms with van der Waals surface area (Å²) < 4.78 is 23.6. The fourth-order valence-corrected chi connectivity index (χ4v) is 2.75. The number of halogens is 1. The van der Waals surface area contributed by atoms with Crippen molar-refractivity contribution in [1.29, 1.82) is 0 Å². The summed E-state index contributed by atoms with van der Waals surface area (Å²) in [5.74, 6) is 7.72. The van der Waals surface area contributed by atoms with Crippen molar-refractivity contribution in [2.75, 3.05) is 20.3 Å². The van der Waals surface area contributed by atoms with Crippen LogP contribution in [0.4, 0.5) is 0 Å². The molecule has 0 N–H and O–H groups in total. The summed E-state index contributed by atoms with van der Waals surface area (Å²) in [6, 6.07) is 15.5. The average Bonchev–Trinajstić information content (AvgIpc) is 2.66. The molecule has 0 fully saturated rings. The fraction of sp³-hybridized carbons (Fsp3) is 0.333. The molecule has 2 rings (SSSR count). The third kappa shape index (κ3) is 6.20. The van der Waals surface area contributed by atoms with E-state index < -0.39 is 12.4 Å². The van der Waals surface area contributed by atoms with Crippen molar-refractivity contribution in [3.05, 3.63) is 57.7 Å². The van der Waals surface area contributed by atoms with Gasteiger partial charge >= 0.3 is 0 Å². The normalized spacial score (nSPS) is 11.6. The minimum atomic E-state index is -0.573. The molecule has 0 radical (unpaired) electrons. The van der Waals surface area contributed by atoms with Crippen molar-refractivity contribution in [3.63, 3.8) is 0 Å². The Balaban J connectivity index is 2.33. The molecule has 2 aromatic rings. The highest BCUT2D eigenvalue weighted by Gasteiger charge is 2.14. The largest absolute Gasteiger partial charge is 0.497 e. The summed E-state index contributed by atoms with van der Waals surface area (Å²) >= 11 is 2.25. The van der Waals surface area contributed by atoms with Crippen LogP contribution < -0.4 is 9.47 Å². The molecule has 0 aromatic heterocycles. The van der Waals surface area contributed by atoms with Crippen molar-refractivity contribution >= 4 is 22.6 Å². The van der Waals surface area contributed by atoms with Gasteiger partial charge in [0.2, 0.25) is 6.29 Å². The van der Waals surface area contributed by atoms with E-state index in [-0.39, 0.29) is 0 Å². The Morgan fingerprint density at radius 3 is 2.35 bits per heavy atom. The minimum absolute atomic E-state index is 0.468. The lowest BCUT2D eigenvalue weighted by Crippen LogP contribution is -2.16. The van der Waals surface area contributed by atoms with Crippen LogP contribution in [0, 0.1) is 15.4 Å². The molecule has 1 unspecified atom stereocenters. The maximum absolute atomic E-state index is 6.19. The van der Waals surface area contributed by atoms with Crippen LogP contribution in [0.15, 0.2) is 48.5 Å². The predicted molar refractivity (Wildman–Crippen MR) is 110 cm³/mol. The molecule has 1 atom stereocenters. The molecule has 0 heterocycles. The van der Waals surface area contributed by atoms with Crippen LogP contribution in [0.5, 0.6) is 11.5 Å². The number of rotatable bonds is 8. The molecule has 0 spiro atoms. The summed E-state index contributed by atoms with van der Waals surface area (Å²) in [4.78, 5) is 0. The molecular weight excluding hydrogens is 443 g/mol. The Morgan fingerprint density at radius 1 is 0.962 bits per heavy atom. The Labute approximate surface area is 168 Å². The van der Waals surface area contributed by atoms with E-state index in [1.807, 2.05) is 62.4 Å². The lowest BCUT2D eigenvalue weighted by molar-refractivity contribution is -0.0971. The van der Waals surface area contributed by atoms with Gasteiger partial charge < -0.3 is 18.9 Å². The molecule has 5 heteroatoms. The molecule has 0 amide bonds. The number of hydrogen-bond donors (Lipinski definition) is 0. The topological polar surface area (TPSA) is 36.9 Å². The van der Waals surface area contributed by atoms with Crippen LogP contribution >= 0.6 is 22.6 Å². The van der Waals surface area contributed by atoms with E-state index in [1.54, 1.807) is 7.11 Å². The first kappa shape index (κ1) is 20.6. The highest BCUT2D eigenvalue weighted by atomic mass is 127. The Hall–Kier alpha value is -1.75. The molecule has 0 aliphatic rings. The van der Waals surface area contributed by atoms with E-state index >= 15 is 0 Å².